The van der Waals surface area contributed by atoms with Crippen molar-refractivity contribution in [2.75, 3.05) is 11.5 Å². The van der Waals surface area contributed by atoms with Crippen LogP contribution in [0, 0.1) is 17.7 Å². The second kappa shape index (κ2) is 6.53. The van der Waals surface area contributed by atoms with E-state index in [0.717, 1.165) is 0 Å². The summed E-state index contributed by atoms with van der Waals surface area (Å²) >= 11 is 7.06. The molecule has 2 nitrogen and oxygen atoms in total. The minimum Gasteiger partial charge on any atom is -0.396 e. The Hall–Kier alpha value is -1.18. The van der Waals surface area contributed by atoms with Gasteiger partial charge in [0.1, 0.15) is 5.82 Å². The number of nitrogen functional groups attached to an aromatic ring is 1. The van der Waals surface area contributed by atoms with Gasteiger partial charge in [-0.05, 0) is 12.1 Å². The van der Waals surface area contributed by atoms with Crippen molar-refractivity contribution >= 4 is 34.2 Å². The summed E-state index contributed by atoms with van der Waals surface area (Å²) in [5.41, 5.74) is 5.77. The van der Waals surface area contributed by atoms with E-state index >= 15 is 0 Å². The molecule has 1 aromatic rings. The van der Waals surface area contributed by atoms with E-state index in [-0.39, 0.29) is 10.8 Å². The molecule has 2 N–H and O–H groups in total. The van der Waals surface area contributed by atoms with Gasteiger partial charge >= 0.3 is 0 Å². The van der Waals surface area contributed by atoms with Crippen LogP contribution in [0.15, 0.2) is 12.1 Å². The molecular formula is C12H11ClFNOS. The lowest BCUT2D eigenvalue weighted by Crippen LogP contribution is -1.92. The summed E-state index contributed by atoms with van der Waals surface area (Å²) in [4.78, 5) is 10.6. The molecule has 0 heterocycles. The highest BCUT2D eigenvalue weighted by Gasteiger charge is 2.03. The topological polar surface area (TPSA) is 43.1 Å². The smallest absolute Gasteiger partial charge is 0.185 e. The Kier molecular flexibility index (Phi) is 5.33. The average Bonchev–Trinajstić information content (AvgIpc) is 2.24. The maximum atomic E-state index is 13.1. The molecule has 0 amide bonds. The van der Waals surface area contributed by atoms with E-state index < -0.39 is 5.82 Å². The standard InChI is InChI=1S/C12H11ClFNOS/c1-8(16)17-5-3-2-4-9-6-11(14)12(15)7-10(9)13/h6-7H,3,5,15H2,1H3. The fourth-order valence-corrected chi connectivity index (χ4v) is 1.77. The number of nitrogens with two attached hydrogens (primary N) is 1. The first-order valence-electron chi connectivity index (χ1n) is 4.87. The molecule has 90 valence electrons. The quantitative estimate of drug-likeness (QED) is 0.511. The molecule has 1 rings (SSSR count). The minimum atomic E-state index is -0.531. The Morgan fingerprint density at radius 3 is 2.94 bits per heavy atom. The highest BCUT2D eigenvalue weighted by Crippen LogP contribution is 2.21. The fraction of sp³-hybridized carbons (Fsp3) is 0.250. The maximum Gasteiger partial charge on any atom is 0.185 e. The van der Waals surface area contributed by atoms with Crippen molar-refractivity contribution in [3.8, 4) is 11.8 Å². The normalized spacial score (nSPS) is 9.59. The summed E-state index contributed by atoms with van der Waals surface area (Å²) in [5, 5.41) is 0.388. The molecule has 0 fully saturated rings. The number of rotatable bonds is 2. The number of hydrogen-bond donors (Lipinski definition) is 1. The van der Waals surface area contributed by atoms with Crippen molar-refractivity contribution in [3.05, 3.63) is 28.5 Å². The summed E-state index contributed by atoms with van der Waals surface area (Å²) in [6, 6.07) is 2.55. The molecule has 0 saturated carbocycles. The maximum absolute atomic E-state index is 13.1. The Labute approximate surface area is 109 Å². The zero-order chi connectivity index (χ0) is 12.8. The van der Waals surface area contributed by atoms with Crippen LogP contribution in [-0.4, -0.2) is 10.9 Å². The highest BCUT2D eigenvalue weighted by atomic mass is 35.5. The molecule has 0 aliphatic carbocycles. The number of benzene rings is 1. The van der Waals surface area contributed by atoms with E-state index in [0.29, 0.717) is 22.8 Å². The Bertz CT molecular complexity index is 493. The average molecular weight is 272 g/mol. The van der Waals surface area contributed by atoms with Gasteiger partial charge in [0.15, 0.2) is 5.12 Å². The second-order valence-corrected chi connectivity index (χ2v) is 4.92. The van der Waals surface area contributed by atoms with Gasteiger partial charge in [-0.2, -0.15) is 0 Å². The van der Waals surface area contributed by atoms with Crippen LogP contribution in [0.3, 0.4) is 0 Å². The zero-order valence-corrected chi connectivity index (χ0v) is 10.8. The lowest BCUT2D eigenvalue weighted by atomic mass is 10.2. The van der Waals surface area contributed by atoms with Crippen LogP contribution in [0.1, 0.15) is 18.9 Å². The number of hydrogen-bond acceptors (Lipinski definition) is 3. The monoisotopic (exact) mass is 271 g/mol. The fourth-order valence-electron chi connectivity index (χ4n) is 1.06. The molecule has 1 aromatic carbocycles. The predicted molar refractivity (Wildman–Crippen MR) is 70.5 cm³/mol. The van der Waals surface area contributed by atoms with Crippen LogP contribution in [0.4, 0.5) is 10.1 Å². The summed E-state index contributed by atoms with van der Waals surface area (Å²) in [5.74, 6) is 5.67. The first kappa shape index (κ1) is 13.9. The highest BCUT2D eigenvalue weighted by molar-refractivity contribution is 8.13. The molecule has 0 saturated heterocycles. The molecule has 0 bridgehead atoms. The van der Waals surface area contributed by atoms with Crippen molar-refractivity contribution in [1.82, 2.24) is 0 Å². The molecule has 0 aromatic heterocycles. The van der Waals surface area contributed by atoms with Crippen molar-refractivity contribution in [2.45, 2.75) is 13.3 Å². The molecule has 17 heavy (non-hydrogen) atoms. The van der Waals surface area contributed by atoms with Gasteiger partial charge in [-0.3, -0.25) is 4.79 Å². The molecular weight excluding hydrogens is 261 g/mol. The summed E-state index contributed by atoms with van der Waals surface area (Å²) in [7, 11) is 0. The van der Waals surface area contributed by atoms with Gasteiger partial charge in [0.05, 0.1) is 10.7 Å². The molecule has 5 heteroatoms. The SMILES string of the molecule is CC(=O)SCCC#Cc1cc(F)c(N)cc1Cl. The van der Waals surface area contributed by atoms with Gasteiger partial charge in [-0.15, -0.1) is 0 Å². The summed E-state index contributed by atoms with van der Waals surface area (Å²) in [6.07, 6.45) is 0.548. The predicted octanol–water partition coefficient (Wildman–Crippen LogP) is 3.08. The number of halogens is 2. The summed E-state index contributed by atoms with van der Waals surface area (Å²) in [6.45, 7) is 1.50. The Morgan fingerprint density at radius 2 is 2.29 bits per heavy atom. The number of carbonyl (C=O) groups is 1. The molecule has 0 aliphatic heterocycles. The van der Waals surface area contributed by atoms with Crippen molar-refractivity contribution in [3.63, 3.8) is 0 Å². The van der Waals surface area contributed by atoms with Gasteiger partial charge in [-0.25, -0.2) is 4.39 Å². The zero-order valence-electron chi connectivity index (χ0n) is 9.22. The van der Waals surface area contributed by atoms with E-state index in [4.69, 9.17) is 17.3 Å². The largest absolute Gasteiger partial charge is 0.396 e. The van der Waals surface area contributed by atoms with Crippen molar-refractivity contribution < 1.29 is 9.18 Å². The van der Waals surface area contributed by atoms with Crippen LogP contribution in [0.2, 0.25) is 5.02 Å². The third-order valence-corrected chi connectivity index (χ3v) is 2.97. The molecule has 0 aliphatic rings. The first-order chi connectivity index (χ1) is 8.00. The van der Waals surface area contributed by atoms with E-state index in [1.54, 1.807) is 0 Å². The second-order valence-electron chi connectivity index (χ2n) is 3.25. The van der Waals surface area contributed by atoms with Crippen LogP contribution in [0.25, 0.3) is 0 Å². The molecule has 0 atom stereocenters. The third-order valence-electron chi connectivity index (χ3n) is 1.84. The van der Waals surface area contributed by atoms with Gasteiger partial charge in [0.25, 0.3) is 0 Å². The van der Waals surface area contributed by atoms with E-state index in [1.807, 2.05) is 0 Å². The first-order valence-corrected chi connectivity index (χ1v) is 6.24. The van der Waals surface area contributed by atoms with Crippen LogP contribution < -0.4 is 5.73 Å². The Morgan fingerprint density at radius 1 is 1.59 bits per heavy atom. The van der Waals surface area contributed by atoms with E-state index in [1.165, 1.54) is 30.8 Å². The van der Waals surface area contributed by atoms with Crippen LogP contribution >= 0.6 is 23.4 Å². The van der Waals surface area contributed by atoms with Crippen LogP contribution in [-0.2, 0) is 4.79 Å². The van der Waals surface area contributed by atoms with Gasteiger partial charge in [0, 0.05) is 24.7 Å². The van der Waals surface area contributed by atoms with E-state index in [2.05, 4.69) is 11.8 Å². The molecule has 0 spiro atoms. The van der Waals surface area contributed by atoms with Gasteiger partial charge in [-0.1, -0.05) is 35.2 Å². The van der Waals surface area contributed by atoms with Crippen molar-refractivity contribution in [2.24, 2.45) is 0 Å². The third kappa shape index (κ3) is 4.68. The van der Waals surface area contributed by atoms with E-state index in [9.17, 15) is 9.18 Å². The number of thioether (sulfide) groups is 1. The Balaban J connectivity index is 2.66. The lowest BCUT2D eigenvalue weighted by Gasteiger charge is -1.99. The number of carbonyl (C=O) groups excluding carboxylic acids is 1. The van der Waals surface area contributed by atoms with Crippen molar-refractivity contribution in [1.29, 1.82) is 0 Å². The van der Waals surface area contributed by atoms with Gasteiger partial charge < -0.3 is 5.73 Å². The summed E-state index contributed by atoms with van der Waals surface area (Å²) < 4.78 is 13.1. The van der Waals surface area contributed by atoms with Crippen LogP contribution in [0.5, 0.6) is 0 Å². The molecule has 0 radical (unpaired) electrons. The lowest BCUT2D eigenvalue weighted by molar-refractivity contribution is -0.109. The van der Waals surface area contributed by atoms with Gasteiger partial charge in [0.2, 0.25) is 0 Å². The molecule has 0 unspecified atom stereocenters. The number of anilines is 1. The minimum absolute atomic E-state index is 0.00712.